The van der Waals surface area contributed by atoms with Crippen LogP contribution in [-0.2, 0) is 9.53 Å². The second-order valence-electron chi connectivity index (χ2n) is 2.78. The third-order valence-corrected chi connectivity index (χ3v) is 1.92. The SMILES string of the molecule is O=C(O)[C@@]1(O)O[C@@H](CO)[C@@H](O)[C@@H]1O. The Morgan fingerprint density at radius 3 is 2.23 bits per heavy atom. The van der Waals surface area contributed by atoms with Crippen molar-refractivity contribution in [3.63, 3.8) is 0 Å². The molecule has 0 amide bonds. The number of rotatable bonds is 2. The Kier molecular flexibility index (Phi) is 2.55. The summed E-state index contributed by atoms with van der Waals surface area (Å²) in [5, 5.41) is 44.3. The Morgan fingerprint density at radius 2 is 2.00 bits per heavy atom. The van der Waals surface area contributed by atoms with Crippen molar-refractivity contribution in [1.29, 1.82) is 0 Å². The quantitative estimate of drug-likeness (QED) is 0.314. The van der Waals surface area contributed by atoms with E-state index in [1.54, 1.807) is 0 Å². The van der Waals surface area contributed by atoms with Crippen LogP contribution in [0.15, 0.2) is 0 Å². The highest BCUT2D eigenvalue weighted by Crippen LogP contribution is 2.29. The zero-order valence-electron chi connectivity index (χ0n) is 6.49. The lowest BCUT2D eigenvalue weighted by Gasteiger charge is -2.19. The lowest BCUT2D eigenvalue weighted by atomic mass is 10.1. The van der Waals surface area contributed by atoms with E-state index in [1.165, 1.54) is 0 Å². The van der Waals surface area contributed by atoms with Crippen molar-refractivity contribution >= 4 is 5.97 Å². The van der Waals surface area contributed by atoms with Gasteiger partial charge in [0.1, 0.15) is 18.3 Å². The van der Waals surface area contributed by atoms with Gasteiger partial charge in [-0.3, -0.25) is 0 Å². The molecule has 0 bridgehead atoms. The van der Waals surface area contributed by atoms with Crippen molar-refractivity contribution in [3.8, 4) is 0 Å². The minimum absolute atomic E-state index is 0.687. The van der Waals surface area contributed by atoms with Crippen LogP contribution >= 0.6 is 0 Å². The van der Waals surface area contributed by atoms with E-state index in [0.29, 0.717) is 0 Å². The molecule has 1 heterocycles. The lowest BCUT2D eigenvalue weighted by Crippen LogP contribution is -2.49. The van der Waals surface area contributed by atoms with Gasteiger partial charge in [0.25, 0.3) is 5.79 Å². The number of hydrogen-bond acceptors (Lipinski definition) is 6. The summed E-state index contributed by atoms with van der Waals surface area (Å²) in [6, 6.07) is 0. The number of hydrogen-bond donors (Lipinski definition) is 5. The number of aliphatic carboxylic acids is 1. The summed E-state index contributed by atoms with van der Waals surface area (Å²) in [5.74, 6) is -4.65. The van der Waals surface area contributed by atoms with E-state index in [0.717, 1.165) is 0 Å². The predicted molar refractivity (Wildman–Crippen MR) is 36.6 cm³/mol. The average molecular weight is 194 g/mol. The number of carbonyl (C=O) groups is 1. The molecular formula is C6H10O7. The van der Waals surface area contributed by atoms with E-state index in [9.17, 15) is 4.79 Å². The number of carboxylic acids is 1. The first-order valence-corrected chi connectivity index (χ1v) is 3.54. The van der Waals surface area contributed by atoms with Crippen LogP contribution in [0.1, 0.15) is 0 Å². The third kappa shape index (κ3) is 1.40. The van der Waals surface area contributed by atoms with Gasteiger partial charge in [0, 0.05) is 0 Å². The Labute approximate surface area is 72.8 Å². The van der Waals surface area contributed by atoms with Gasteiger partial charge in [0.2, 0.25) is 0 Å². The van der Waals surface area contributed by atoms with E-state index < -0.39 is 36.7 Å². The van der Waals surface area contributed by atoms with Gasteiger partial charge >= 0.3 is 5.97 Å². The van der Waals surface area contributed by atoms with Crippen LogP contribution in [0, 0.1) is 0 Å². The second kappa shape index (κ2) is 3.20. The second-order valence-corrected chi connectivity index (χ2v) is 2.78. The van der Waals surface area contributed by atoms with E-state index in [2.05, 4.69) is 4.74 Å². The summed E-state index contributed by atoms with van der Waals surface area (Å²) in [4.78, 5) is 10.4. The van der Waals surface area contributed by atoms with Crippen LogP contribution in [0.4, 0.5) is 0 Å². The first kappa shape index (κ1) is 10.4. The Morgan fingerprint density at radius 1 is 1.46 bits per heavy atom. The highest BCUT2D eigenvalue weighted by Gasteiger charge is 2.58. The third-order valence-electron chi connectivity index (χ3n) is 1.92. The van der Waals surface area contributed by atoms with Gasteiger partial charge < -0.3 is 30.3 Å². The lowest BCUT2D eigenvalue weighted by molar-refractivity contribution is -0.239. The molecule has 0 aromatic carbocycles. The smallest absolute Gasteiger partial charge is 0.367 e. The Bertz CT molecular complexity index is 217. The maximum Gasteiger partial charge on any atom is 0.367 e. The topological polar surface area (TPSA) is 127 Å². The molecule has 0 radical (unpaired) electrons. The van der Waals surface area contributed by atoms with Gasteiger partial charge in [-0.25, -0.2) is 4.79 Å². The number of aliphatic hydroxyl groups is 4. The molecule has 0 unspecified atom stereocenters. The van der Waals surface area contributed by atoms with E-state index >= 15 is 0 Å². The molecule has 0 aromatic heterocycles. The summed E-state index contributed by atoms with van der Waals surface area (Å²) in [6.07, 6.45) is -4.88. The molecule has 76 valence electrons. The monoisotopic (exact) mass is 194 g/mol. The van der Waals surface area contributed by atoms with E-state index in [1.807, 2.05) is 0 Å². The molecule has 4 atom stereocenters. The zero-order valence-corrected chi connectivity index (χ0v) is 6.49. The number of carboxylic acid groups (broad SMARTS) is 1. The first-order valence-electron chi connectivity index (χ1n) is 3.54. The van der Waals surface area contributed by atoms with Gasteiger partial charge in [0.05, 0.1) is 6.61 Å². The molecule has 1 aliphatic rings. The molecule has 1 fully saturated rings. The average Bonchev–Trinajstić information content (AvgIpc) is 2.31. The first-order chi connectivity index (χ1) is 5.93. The van der Waals surface area contributed by atoms with Crippen molar-refractivity contribution < 1.29 is 35.1 Å². The summed E-state index contributed by atoms with van der Waals surface area (Å²) >= 11 is 0. The molecule has 1 rings (SSSR count). The fraction of sp³-hybridized carbons (Fsp3) is 0.833. The maximum absolute atomic E-state index is 10.4. The standard InChI is InChI=1S/C6H10O7/c7-1-2-3(8)4(9)6(12,13-2)5(10)11/h2-4,7-9,12H,1H2,(H,10,11)/t2-,3+,4-,6-/m0/s1. The summed E-state index contributed by atoms with van der Waals surface area (Å²) in [7, 11) is 0. The van der Waals surface area contributed by atoms with Crippen molar-refractivity contribution in [2.45, 2.75) is 24.1 Å². The molecule has 7 heteroatoms. The van der Waals surface area contributed by atoms with Crippen LogP contribution in [0.3, 0.4) is 0 Å². The largest absolute Gasteiger partial charge is 0.477 e. The van der Waals surface area contributed by atoms with Crippen molar-refractivity contribution in [3.05, 3.63) is 0 Å². The summed E-state index contributed by atoms with van der Waals surface area (Å²) in [5.41, 5.74) is 0. The van der Waals surface area contributed by atoms with E-state index in [-0.39, 0.29) is 0 Å². The van der Waals surface area contributed by atoms with Gasteiger partial charge in [-0.05, 0) is 0 Å². The summed E-state index contributed by atoms with van der Waals surface area (Å²) < 4.78 is 4.39. The fourth-order valence-corrected chi connectivity index (χ4v) is 1.13. The Balaban J connectivity index is 2.87. The molecular weight excluding hydrogens is 184 g/mol. The molecule has 1 saturated heterocycles. The fourth-order valence-electron chi connectivity index (χ4n) is 1.13. The zero-order chi connectivity index (χ0) is 10.2. The van der Waals surface area contributed by atoms with Crippen LogP contribution in [-0.4, -0.2) is 62.2 Å². The van der Waals surface area contributed by atoms with Gasteiger partial charge in [-0.1, -0.05) is 0 Å². The van der Waals surface area contributed by atoms with Crippen LogP contribution in [0.25, 0.3) is 0 Å². The van der Waals surface area contributed by atoms with Crippen LogP contribution in [0.5, 0.6) is 0 Å². The molecule has 1 aliphatic heterocycles. The van der Waals surface area contributed by atoms with Crippen molar-refractivity contribution in [2.75, 3.05) is 6.61 Å². The Hall–Kier alpha value is -0.730. The van der Waals surface area contributed by atoms with Gasteiger partial charge in [0.15, 0.2) is 0 Å². The number of ether oxygens (including phenoxy) is 1. The van der Waals surface area contributed by atoms with Gasteiger partial charge in [-0.2, -0.15) is 0 Å². The van der Waals surface area contributed by atoms with E-state index in [4.69, 9.17) is 25.5 Å². The summed E-state index contributed by atoms with van der Waals surface area (Å²) in [6.45, 7) is -0.687. The predicted octanol–water partition coefficient (Wildman–Crippen LogP) is -3.13. The minimum Gasteiger partial charge on any atom is -0.477 e. The molecule has 0 aliphatic carbocycles. The molecule has 0 saturated carbocycles. The molecule has 5 N–H and O–H groups in total. The highest BCUT2D eigenvalue weighted by atomic mass is 16.7. The molecule has 0 aromatic rings. The minimum atomic E-state index is -2.84. The normalized spacial score (nSPS) is 45.1. The highest BCUT2D eigenvalue weighted by molar-refractivity contribution is 5.76. The maximum atomic E-state index is 10.4. The van der Waals surface area contributed by atoms with Crippen molar-refractivity contribution in [1.82, 2.24) is 0 Å². The van der Waals surface area contributed by atoms with Gasteiger partial charge in [-0.15, -0.1) is 0 Å². The molecule has 13 heavy (non-hydrogen) atoms. The molecule has 0 spiro atoms. The van der Waals surface area contributed by atoms with Crippen LogP contribution < -0.4 is 0 Å². The molecule has 7 nitrogen and oxygen atoms in total. The number of aliphatic hydroxyl groups excluding tert-OH is 3. The van der Waals surface area contributed by atoms with Crippen molar-refractivity contribution in [2.24, 2.45) is 0 Å². The van der Waals surface area contributed by atoms with Crippen LogP contribution in [0.2, 0.25) is 0 Å².